The summed E-state index contributed by atoms with van der Waals surface area (Å²) in [6.45, 7) is 6.69. The van der Waals surface area contributed by atoms with Crippen molar-refractivity contribution in [2.75, 3.05) is 11.9 Å². The van der Waals surface area contributed by atoms with E-state index in [0.717, 1.165) is 11.4 Å². The van der Waals surface area contributed by atoms with E-state index in [1.54, 1.807) is 0 Å². The Labute approximate surface area is 133 Å². The Morgan fingerprint density at radius 2 is 2.09 bits per heavy atom. The molecule has 0 saturated heterocycles. The molecule has 2 rings (SSSR count). The van der Waals surface area contributed by atoms with Crippen LogP contribution in [-0.4, -0.2) is 24.6 Å². The SMILES string of the molecule is CCOc1ccccc1NC(=O)[C@H](C)N[C@@H]1CCC[C@H]1CC. The predicted molar refractivity (Wildman–Crippen MR) is 90.3 cm³/mol. The molecule has 122 valence electrons. The molecule has 0 aromatic heterocycles. The Hall–Kier alpha value is -1.55. The molecule has 1 aromatic rings. The van der Waals surface area contributed by atoms with Gasteiger partial charge < -0.3 is 15.4 Å². The number of carbonyl (C=O) groups is 1. The molecule has 1 amide bonds. The number of carbonyl (C=O) groups excluding carboxylic acids is 1. The standard InChI is InChI=1S/C18H28N2O2/c1-4-14-9-8-11-15(14)19-13(3)18(21)20-16-10-6-7-12-17(16)22-5-2/h6-7,10,12-15,19H,4-5,8-9,11H2,1-3H3,(H,20,21)/t13-,14+,15+/m0/s1. The highest BCUT2D eigenvalue weighted by Gasteiger charge is 2.28. The average molecular weight is 304 g/mol. The summed E-state index contributed by atoms with van der Waals surface area (Å²) in [7, 11) is 0. The quantitative estimate of drug-likeness (QED) is 0.809. The molecule has 1 aromatic carbocycles. The lowest BCUT2D eigenvalue weighted by Crippen LogP contribution is -2.45. The fourth-order valence-electron chi connectivity index (χ4n) is 3.23. The van der Waals surface area contributed by atoms with Crippen molar-refractivity contribution in [3.05, 3.63) is 24.3 Å². The number of rotatable bonds is 7. The first-order valence-corrected chi connectivity index (χ1v) is 8.44. The molecule has 0 spiro atoms. The smallest absolute Gasteiger partial charge is 0.241 e. The third-order valence-corrected chi connectivity index (χ3v) is 4.49. The van der Waals surface area contributed by atoms with Crippen molar-refractivity contribution in [1.82, 2.24) is 5.32 Å². The van der Waals surface area contributed by atoms with Crippen molar-refractivity contribution in [2.45, 2.75) is 58.5 Å². The number of hydrogen-bond acceptors (Lipinski definition) is 3. The third-order valence-electron chi connectivity index (χ3n) is 4.49. The molecule has 4 nitrogen and oxygen atoms in total. The molecule has 1 fully saturated rings. The van der Waals surface area contributed by atoms with Gasteiger partial charge in [0.15, 0.2) is 0 Å². The fraction of sp³-hybridized carbons (Fsp3) is 0.611. The average Bonchev–Trinajstić information content (AvgIpc) is 2.96. The molecule has 2 N–H and O–H groups in total. The van der Waals surface area contributed by atoms with E-state index in [1.165, 1.54) is 25.7 Å². The minimum atomic E-state index is -0.202. The van der Waals surface area contributed by atoms with Crippen LogP contribution in [-0.2, 0) is 4.79 Å². The molecule has 22 heavy (non-hydrogen) atoms. The first-order chi connectivity index (χ1) is 10.7. The van der Waals surface area contributed by atoms with Crippen molar-refractivity contribution in [1.29, 1.82) is 0 Å². The number of anilines is 1. The number of amides is 1. The lowest BCUT2D eigenvalue weighted by atomic mass is 10.00. The van der Waals surface area contributed by atoms with E-state index in [-0.39, 0.29) is 11.9 Å². The van der Waals surface area contributed by atoms with Crippen molar-refractivity contribution in [3.8, 4) is 5.75 Å². The van der Waals surface area contributed by atoms with Crippen molar-refractivity contribution >= 4 is 11.6 Å². The van der Waals surface area contributed by atoms with Crippen LogP contribution in [0, 0.1) is 5.92 Å². The van der Waals surface area contributed by atoms with Crippen LogP contribution in [0.2, 0.25) is 0 Å². The van der Waals surface area contributed by atoms with Gasteiger partial charge in [-0.25, -0.2) is 0 Å². The molecule has 0 bridgehead atoms. The van der Waals surface area contributed by atoms with Crippen LogP contribution in [0.4, 0.5) is 5.69 Å². The van der Waals surface area contributed by atoms with Crippen molar-refractivity contribution in [3.63, 3.8) is 0 Å². The summed E-state index contributed by atoms with van der Waals surface area (Å²) in [4.78, 5) is 12.4. The zero-order valence-electron chi connectivity index (χ0n) is 13.9. The molecular formula is C18H28N2O2. The van der Waals surface area contributed by atoms with E-state index in [0.29, 0.717) is 18.6 Å². The molecule has 1 aliphatic carbocycles. The molecule has 1 saturated carbocycles. The lowest BCUT2D eigenvalue weighted by molar-refractivity contribution is -0.118. The van der Waals surface area contributed by atoms with Crippen LogP contribution >= 0.6 is 0 Å². The molecular weight excluding hydrogens is 276 g/mol. The van der Waals surface area contributed by atoms with Crippen LogP contribution < -0.4 is 15.4 Å². The van der Waals surface area contributed by atoms with Crippen LogP contribution in [0.15, 0.2) is 24.3 Å². The first kappa shape index (κ1) is 16.8. The van der Waals surface area contributed by atoms with Crippen LogP contribution in [0.25, 0.3) is 0 Å². The molecule has 4 heteroatoms. The Morgan fingerprint density at radius 1 is 1.32 bits per heavy atom. The molecule has 3 atom stereocenters. The van der Waals surface area contributed by atoms with Crippen molar-refractivity contribution < 1.29 is 9.53 Å². The first-order valence-electron chi connectivity index (χ1n) is 8.44. The second-order valence-electron chi connectivity index (χ2n) is 6.01. The van der Waals surface area contributed by atoms with Crippen LogP contribution in [0.5, 0.6) is 5.75 Å². The maximum Gasteiger partial charge on any atom is 0.241 e. The number of para-hydroxylation sites is 2. The maximum atomic E-state index is 12.4. The monoisotopic (exact) mass is 304 g/mol. The molecule has 0 heterocycles. The summed E-state index contributed by atoms with van der Waals surface area (Å²) >= 11 is 0. The summed E-state index contributed by atoms with van der Waals surface area (Å²) in [5.74, 6) is 1.41. The van der Waals surface area contributed by atoms with E-state index in [1.807, 2.05) is 38.1 Å². The van der Waals surface area contributed by atoms with Gasteiger partial charge in [0.05, 0.1) is 18.3 Å². The molecule has 0 radical (unpaired) electrons. The Morgan fingerprint density at radius 3 is 2.82 bits per heavy atom. The summed E-state index contributed by atoms with van der Waals surface area (Å²) in [6, 6.07) is 7.83. The van der Waals surface area contributed by atoms with Gasteiger partial charge in [-0.05, 0) is 44.7 Å². The summed E-state index contributed by atoms with van der Waals surface area (Å²) in [5.41, 5.74) is 0.737. The summed E-state index contributed by atoms with van der Waals surface area (Å²) in [5, 5.41) is 6.47. The van der Waals surface area contributed by atoms with Crippen LogP contribution in [0.3, 0.4) is 0 Å². The largest absolute Gasteiger partial charge is 0.492 e. The second-order valence-corrected chi connectivity index (χ2v) is 6.01. The van der Waals surface area contributed by atoms with E-state index < -0.39 is 0 Å². The molecule has 0 aliphatic heterocycles. The second kappa shape index (κ2) is 8.18. The number of hydrogen-bond donors (Lipinski definition) is 2. The van der Waals surface area contributed by atoms with E-state index in [9.17, 15) is 4.79 Å². The minimum Gasteiger partial charge on any atom is -0.492 e. The Bertz CT molecular complexity index is 490. The summed E-state index contributed by atoms with van der Waals surface area (Å²) < 4.78 is 5.55. The van der Waals surface area contributed by atoms with Gasteiger partial charge in [0.2, 0.25) is 5.91 Å². The predicted octanol–water partition coefficient (Wildman–Crippen LogP) is 3.58. The maximum absolute atomic E-state index is 12.4. The number of nitrogens with one attached hydrogen (secondary N) is 2. The van der Waals surface area contributed by atoms with Gasteiger partial charge >= 0.3 is 0 Å². The molecule has 1 aliphatic rings. The van der Waals surface area contributed by atoms with Gasteiger partial charge in [-0.15, -0.1) is 0 Å². The van der Waals surface area contributed by atoms with Gasteiger partial charge in [-0.3, -0.25) is 4.79 Å². The topological polar surface area (TPSA) is 50.4 Å². The van der Waals surface area contributed by atoms with E-state index in [2.05, 4.69) is 17.6 Å². The van der Waals surface area contributed by atoms with E-state index in [4.69, 9.17) is 4.74 Å². The minimum absolute atomic E-state index is 0.00564. The fourth-order valence-corrected chi connectivity index (χ4v) is 3.23. The highest BCUT2D eigenvalue weighted by Crippen LogP contribution is 2.28. The van der Waals surface area contributed by atoms with Crippen molar-refractivity contribution in [2.24, 2.45) is 5.92 Å². The van der Waals surface area contributed by atoms with Gasteiger partial charge in [-0.2, -0.15) is 0 Å². The zero-order chi connectivity index (χ0) is 15.9. The van der Waals surface area contributed by atoms with E-state index >= 15 is 0 Å². The summed E-state index contributed by atoms with van der Waals surface area (Å²) in [6.07, 6.45) is 4.89. The lowest BCUT2D eigenvalue weighted by Gasteiger charge is -2.24. The van der Waals surface area contributed by atoms with Crippen LogP contribution in [0.1, 0.15) is 46.5 Å². The van der Waals surface area contributed by atoms with Gasteiger partial charge in [0.25, 0.3) is 0 Å². The number of benzene rings is 1. The molecule has 0 unspecified atom stereocenters. The third kappa shape index (κ3) is 4.23. The highest BCUT2D eigenvalue weighted by atomic mass is 16.5. The Kier molecular flexibility index (Phi) is 6.25. The highest BCUT2D eigenvalue weighted by molar-refractivity contribution is 5.95. The zero-order valence-corrected chi connectivity index (χ0v) is 13.9. The number of ether oxygens (including phenoxy) is 1. The normalized spacial score (nSPS) is 22.3. The van der Waals surface area contributed by atoms with Gasteiger partial charge in [-0.1, -0.05) is 31.9 Å². The Balaban J connectivity index is 1.94. The van der Waals surface area contributed by atoms with Gasteiger partial charge in [0.1, 0.15) is 5.75 Å². The van der Waals surface area contributed by atoms with Gasteiger partial charge in [0, 0.05) is 6.04 Å².